The molecule has 1 rings (SSSR count). The second-order valence-electron chi connectivity index (χ2n) is 1.20. The maximum Gasteiger partial charge on any atom is 1.00 e. The number of carboxylic acid groups (broad SMARTS) is 1. The average Bonchev–Trinajstić information content (AvgIpc) is 2.12. The fraction of sp³-hybridized carbons (Fsp3) is 0. The van der Waals surface area contributed by atoms with Crippen LogP contribution >= 0.6 is 11.8 Å². The first-order chi connectivity index (χ1) is 3.80. The summed E-state index contributed by atoms with van der Waals surface area (Å²) in [5.74, 6) is -1.13. The van der Waals surface area contributed by atoms with E-state index in [0.717, 1.165) is 11.8 Å². The van der Waals surface area contributed by atoms with Crippen LogP contribution in [0.4, 0.5) is 0 Å². The van der Waals surface area contributed by atoms with Gasteiger partial charge in [-0.15, -0.1) is 0 Å². The molecule has 1 aliphatic heterocycles. The van der Waals surface area contributed by atoms with Gasteiger partial charge in [0.25, 0.3) is 0 Å². The predicted octanol–water partition coefficient (Wildman–Crippen LogP) is -3.31. The molecule has 0 saturated carbocycles. The number of thioether (sulfide) groups is 1. The van der Waals surface area contributed by atoms with E-state index in [1.807, 2.05) is 0 Å². The summed E-state index contributed by atoms with van der Waals surface area (Å²) in [5.41, 5.74) is 0. The summed E-state index contributed by atoms with van der Waals surface area (Å²) in [7, 11) is 0. The second kappa shape index (κ2) is 4.09. The van der Waals surface area contributed by atoms with Crippen LogP contribution in [0.25, 0.3) is 0 Å². The summed E-state index contributed by atoms with van der Waals surface area (Å²) in [5, 5.41) is 12.6. The molecule has 0 radical (unpaired) electrons. The third-order valence-electron chi connectivity index (χ3n) is 0.673. The van der Waals surface area contributed by atoms with Crippen LogP contribution in [0.15, 0.2) is 17.1 Å². The molecule has 0 aromatic rings. The standard InChI is InChI=1S/C5H2O2S.Na/c6-5(7)4-2-1-3-8-4;/h1-2H;/q;+1. The number of allylic oxidation sites excluding steroid dienone is 2. The molecule has 0 aromatic carbocycles. The Morgan fingerprint density at radius 1 is 1.78 bits per heavy atom. The van der Waals surface area contributed by atoms with Crippen LogP contribution in [0, 0.1) is 5.41 Å². The van der Waals surface area contributed by atoms with E-state index < -0.39 is 5.97 Å². The summed E-state index contributed by atoms with van der Waals surface area (Å²) in [6.07, 6.45) is 3.01. The van der Waals surface area contributed by atoms with E-state index in [2.05, 4.69) is 5.41 Å². The Hall–Kier alpha value is 0.210. The molecular weight excluding hydrogens is 147 g/mol. The van der Waals surface area contributed by atoms with Gasteiger partial charge in [-0.05, 0) is 0 Å². The number of hydrogen-bond acceptors (Lipinski definition) is 3. The fourth-order valence-electron chi connectivity index (χ4n) is 0.351. The van der Waals surface area contributed by atoms with Crippen LogP contribution in [0.1, 0.15) is 0 Å². The van der Waals surface area contributed by atoms with Gasteiger partial charge in [0.1, 0.15) is 16.3 Å². The molecule has 0 amide bonds. The van der Waals surface area contributed by atoms with Crippen LogP contribution in [0.5, 0.6) is 0 Å². The van der Waals surface area contributed by atoms with Gasteiger partial charge >= 0.3 is 29.6 Å². The van der Waals surface area contributed by atoms with Crippen LogP contribution in [0.2, 0.25) is 0 Å². The molecule has 0 saturated heterocycles. The quantitative estimate of drug-likeness (QED) is 0.289. The van der Waals surface area contributed by atoms with Crippen molar-refractivity contribution >= 4 is 17.7 Å². The minimum Gasteiger partial charge on any atom is -0.542 e. The zero-order chi connectivity index (χ0) is 5.98. The van der Waals surface area contributed by atoms with E-state index in [1.54, 1.807) is 6.08 Å². The topological polar surface area (TPSA) is 40.1 Å². The zero-order valence-electron chi connectivity index (χ0n) is 4.88. The van der Waals surface area contributed by atoms with Crippen molar-refractivity contribution in [3.63, 3.8) is 0 Å². The molecule has 0 unspecified atom stereocenters. The largest absolute Gasteiger partial charge is 1.00 e. The van der Waals surface area contributed by atoms with Crippen molar-refractivity contribution in [2.45, 2.75) is 0 Å². The smallest absolute Gasteiger partial charge is 0.542 e. The van der Waals surface area contributed by atoms with Crippen molar-refractivity contribution < 1.29 is 39.5 Å². The normalized spacial score (nSPS) is 13.6. The van der Waals surface area contributed by atoms with Crippen LogP contribution in [0.3, 0.4) is 0 Å². The van der Waals surface area contributed by atoms with Gasteiger partial charge in [-0.3, -0.25) is 0 Å². The van der Waals surface area contributed by atoms with Gasteiger partial charge in [0, 0.05) is 0 Å². The molecule has 0 aliphatic carbocycles. The average molecular weight is 149 g/mol. The SMILES string of the molecule is O=C([O-])C1=CC=[C+]S1.[Na+]. The van der Waals surface area contributed by atoms with Gasteiger partial charge in [-0.2, -0.15) is 0 Å². The van der Waals surface area contributed by atoms with Gasteiger partial charge in [0.2, 0.25) is 0 Å². The molecule has 40 valence electrons. The first-order valence-electron chi connectivity index (χ1n) is 1.98. The molecule has 1 aliphatic rings. The first-order valence-corrected chi connectivity index (χ1v) is 2.79. The second-order valence-corrected chi connectivity index (χ2v) is 2.08. The van der Waals surface area contributed by atoms with E-state index in [9.17, 15) is 9.90 Å². The van der Waals surface area contributed by atoms with Crippen LogP contribution < -0.4 is 34.7 Å². The minimum atomic E-state index is -1.13. The Kier molecular flexibility index (Phi) is 4.19. The van der Waals surface area contributed by atoms with E-state index in [-0.39, 0.29) is 34.5 Å². The molecule has 2 nitrogen and oxygen atoms in total. The van der Waals surface area contributed by atoms with Crippen molar-refractivity contribution in [1.82, 2.24) is 0 Å². The molecule has 0 bridgehead atoms. The third kappa shape index (κ3) is 2.52. The molecule has 4 heteroatoms. The summed E-state index contributed by atoms with van der Waals surface area (Å²) in [4.78, 5) is 10.2. The van der Waals surface area contributed by atoms with Crippen molar-refractivity contribution in [3.05, 3.63) is 22.5 Å². The molecule has 0 fully saturated rings. The third-order valence-corrected chi connectivity index (χ3v) is 1.45. The molecule has 0 aromatic heterocycles. The van der Waals surface area contributed by atoms with Gasteiger partial charge < -0.3 is 9.90 Å². The van der Waals surface area contributed by atoms with E-state index in [0.29, 0.717) is 0 Å². The van der Waals surface area contributed by atoms with E-state index in [4.69, 9.17) is 0 Å². The Balaban J connectivity index is 0.000000640. The van der Waals surface area contributed by atoms with Gasteiger partial charge in [-0.25, -0.2) is 0 Å². The molecule has 0 atom stereocenters. The Bertz CT molecular complexity index is 174. The summed E-state index contributed by atoms with van der Waals surface area (Å²) in [6.45, 7) is 0. The van der Waals surface area contributed by atoms with Gasteiger partial charge in [0.05, 0.1) is 17.8 Å². The molecule has 9 heavy (non-hydrogen) atoms. The Morgan fingerprint density at radius 3 is 2.67 bits per heavy atom. The molecule has 0 N–H and O–H groups in total. The first kappa shape index (κ1) is 9.21. The predicted molar refractivity (Wildman–Crippen MR) is 28.5 cm³/mol. The van der Waals surface area contributed by atoms with Crippen LogP contribution in [-0.2, 0) is 4.79 Å². The maximum absolute atomic E-state index is 9.94. The zero-order valence-corrected chi connectivity index (χ0v) is 7.70. The van der Waals surface area contributed by atoms with E-state index >= 15 is 0 Å². The molecule has 0 spiro atoms. The Labute approximate surface area is 79.3 Å². The molecule has 1 heterocycles. The number of carbonyl (C=O) groups is 1. The monoisotopic (exact) mass is 149 g/mol. The number of carbonyl (C=O) groups excluding carboxylic acids is 1. The Morgan fingerprint density at radius 2 is 2.44 bits per heavy atom. The number of aliphatic carboxylic acids is 1. The number of rotatable bonds is 1. The summed E-state index contributed by atoms with van der Waals surface area (Å²) >= 11 is 1.04. The van der Waals surface area contributed by atoms with Crippen molar-refractivity contribution in [3.8, 4) is 0 Å². The van der Waals surface area contributed by atoms with Crippen LogP contribution in [-0.4, -0.2) is 5.97 Å². The summed E-state index contributed by atoms with van der Waals surface area (Å²) < 4.78 is 0. The fourth-order valence-corrected chi connectivity index (χ4v) is 0.833. The number of carboxylic acids is 1. The maximum atomic E-state index is 9.94. The van der Waals surface area contributed by atoms with Crippen molar-refractivity contribution in [2.75, 3.05) is 0 Å². The minimum absolute atomic E-state index is 0. The summed E-state index contributed by atoms with van der Waals surface area (Å²) in [6, 6.07) is 0. The van der Waals surface area contributed by atoms with Crippen molar-refractivity contribution in [1.29, 1.82) is 0 Å². The van der Waals surface area contributed by atoms with Gasteiger partial charge in [-0.1, -0.05) is 0 Å². The number of hydrogen-bond donors (Lipinski definition) is 0. The molecular formula is C5H2NaO2S+. The van der Waals surface area contributed by atoms with E-state index in [1.165, 1.54) is 6.08 Å². The van der Waals surface area contributed by atoms with Crippen molar-refractivity contribution in [2.24, 2.45) is 0 Å². The van der Waals surface area contributed by atoms with Gasteiger partial charge in [0.15, 0.2) is 6.08 Å².